The molecule has 0 amide bonds. The van der Waals surface area contributed by atoms with Gasteiger partial charge in [-0.15, -0.1) is 0 Å². The fourth-order valence-electron chi connectivity index (χ4n) is 29.0. The number of hydrogen-bond acceptors (Lipinski definition) is 15. The number of ketones is 2. The normalized spacial score (nSPS) is 34.1. The van der Waals surface area contributed by atoms with Gasteiger partial charge < -0.3 is 30.4 Å². The van der Waals surface area contributed by atoms with E-state index >= 15 is 14.4 Å². The van der Waals surface area contributed by atoms with Gasteiger partial charge in [-0.1, -0.05) is 96.9 Å². The number of fused-ring (bicyclic) bond motifs is 14. The molecule has 10 aliphatic carbocycles. The second-order valence-electron chi connectivity index (χ2n) is 42.8. The van der Waals surface area contributed by atoms with E-state index in [-0.39, 0.29) is 146 Å². The number of ether oxygens (including phenoxy) is 3. The van der Waals surface area contributed by atoms with Crippen LogP contribution in [0.4, 0.5) is 0 Å². The third-order valence-corrected chi connectivity index (χ3v) is 34.9. The van der Waals surface area contributed by atoms with Crippen molar-refractivity contribution in [2.75, 3.05) is 20.1 Å². The number of nitrogens with one attached hydrogen (secondary N) is 1. The lowest BCUT2D eigenvalue weighted by molar-refractivity contribution is -0.232. The van der Waals surface area contributed by atoms with Crippen LogP contribution in [0.1, 0.15) is 287 Å². The number of carbonyl (C=O) groups excluding carboxylic acids is 5. The summed E-state index contributed by atoms with van der Waals surface area (Å²) in [6.07, 6.45) is 12.9. The Morgan fingerprint density at radius 3 is 1.41 bits per heavy atom. The Morgan fingerprint density at radius 2 is 0.991 bits per heavy atom. The van der Waals surface area contributed by atoms with E-state index in [4.69, 9.17) is 19.9 Å². The second-order valence-corrected chi connectivity index (χ2v) is 42.8. The van der Waals surface area contributed by atoms with E-state index in [1.165, 1.54) is 5.57 Å². The number of nitrogens with zero attached hydrogens (tertiary/aromatic N) is 6. The molecule has 14 rings (SSSR count). The van der Waals surface area contributed by atoms with Crippen LogP contribution in [0.15, 0.2) is 74.3 Å². The molecule has 0 radical (unpaired) electrons. The SMILES string of the molecule is CNCCn1c([C@@]23CC[C@]4(C)[C@H](CC[C@@H]5[C@@]6(C)CC[C@H](OC(=O)CC(C)(C)C(=O)Oc7cc(-n8c(=O)c(C)c([C@@]9%10CC[C@]%11(C)[C@H](CC[C@@H]%12[C@@]%13(C)CCC(OC(=O)CC(C)(C)C(=O)O)C(C)(C)[C@@H]%13CC[C@]%12%11C)C9=C(C(C)C)C(=O)C%10)n8CCN)ccc7C#N)C(C)(C)[C@@H]6CC[C@]54C)C2=C(C(C)C)C(=O)C3)c(C)c(=O)n1-c1ccc(C#N)cc1. The van der Waals surface area contributed by atoms with Crippen molar-refractivity contribution in [1.29, 1.82) is 10.5 Å². The number of nitrogens with two attached hydrogens (primary N) is 1. The van der Waals surface area contributed by atoms with Gasteiger partial charge in [0.15, 0.2) is 17.3 Å². The first-order chi connectivity index (χ1) is 54.7. The zero-order chi connectivity index (χ0) is 85.4. The van der Waals surface area contributed by atoms with Gasteiger partial charge in [0.2, 0.25) is 0 Å². The number of carboxylic acids is 1. The Hall–Kier alpha value is -7.94. The Kier molecular flexibility index (Phi) is 21.3. The quantitative estimate of drug-likeness (QED) is 0.0547. The zero-order valence-corrected chi connectivity index (χ0v) is 74.0. The number of Topliss-reactive ketones (excluding diaryl/α,β-unsaturated/α-hetero) is 2. The topological polar surface area (TPSA) is 290 Å². The third-order valence-electron chi connectivity index (χ3n) is 34.9. The van der Waals surface area contributed by atoms with Crippen LogP contribution in [-0.4, -0.2) is 91.6 Å². The smallest absolute Gasteiger partial charge is 0.317 e. The van der Waals surface area contributed by atoms with Crippen molar-refractivity contribution in [3.63, 3.8) is 0 Å². The summed E-state index contributed by atoms with van der Waals surface area (Å²) < 4.78 is 26.7. The van der Waals surface area contributed by atoms with Crippen molar-refractivity contribution >= 4 is 35.4 Å². The van der Waals surface area contributed by atoms with Crippen LogP contribution in [0.25, 0.3) is 11.4 Å². The molecular formula is C97H132N8O12. The van der Waals surface area contributed by atoms with Gasteiger partial charge in [-0.3, -0.25) is 47.7 Å². The highest BCUT2D eigenvalue weighted by molar-refractivity contribution is 6.03. The van der Waals surface area contributed by atoms with E-state index < -0.39 is 57.1 Å². The van der Waals surface area contributed by atoms with Gasteiger partial charge in [-0.05, 0) is 290 Å². The molecule has 117 heavy (non-hydrogen) atoms. The number of carbonyl (C=O) groups is 6. The van der Waals surface area contributed by atoms with E-state index in [9.17, 15) is 39.6 Å². The molecule has 0 aliphatic heterocycles. The minimum atomic E-state index is -1.43. The van der Waals surface area contributed by atoms with Crippen LogP contribution in [0.2, 0.25) is 0 Å². The van der Waals surface area contributed by atoms with Crippen LogP contribution < -0.4 is 26.9 Å². The molecule has 2 heterocycles. The number of nitriles is 2. The molecule has 2 aromatic carbocycles. The van der Waals surface area contributed by atoms with E-state index in [0.29, 0.717) is 78.7 Å². The van der Waals surface area contributed by atoms with Crippen molar-refractivity contribution in [1.82, 2.24) is 24.0 Å². The Balaban J connectivity index is 0.688. The highest BCUT2D eigenvalue weighted by Crippen LogP contribution is 2.80. The largest absolute Gasteiger partial charge is 0.481 e. The van der Waals surface area contributed by atoms with Gasteiger partial charge in [-0.25, -0.2) is 9.36 Å². The standard InChI is InChI=1S/C97H132N8O12/c1-55(2)76-65(106)49-96(42-40-92(17)63(78(76)96)28-30-70-90(15)36-34-72(116-74(108)51-86(7,8)84(112)113)88(11,12)68(90)32-38-94(70,92)19)80-57(5)83(111)105(102(80)46-44-98)62-27-24-60(54-100)67(48-62)115-85(114)87(9,10)52-75(109)117-73-35-37-91(16)69(89(73,13)14)33-39-95(20)71(91)31-29-64-79-77(56(3)4)66(107)50-97(79,43-41-93(64,95)18)81-58(6)82(110)104(103(81)47-45-101-21)61-25-22-59(53-99)23-26-61/h22-27,48,55-56,63-64,68-73,101H,28-47,49-52,98H2,1-21H3,(H,112,113)/t63-,64-,68+,69+,70-,71-,72?,73+,90+,91+,92-,93-,94-,95-,96-,97-/m1/s1. The number of likely N-dealkylation sites (N-methyl/N-ethyl adjacent to an activating group) is 1. The first kappa shape index (κ1) is 85.5. The van der Waals surface area contributed by atoms with Gasteiger partial charge in [0.05, 0.1) is 76.7 Å². The molecule has 0 saturated heterocycles. The molecule has 20 heteroatoms. The summed E-state index contributed by atoms with van der Waals surface area (Å²) in [6.45, 7) is 44.4. The van der Waals surface area contributed by atoms with Crippen LogP contribution in [0.3, 0.4) is 0 Å². The Bertz CT molecular complexity index is 5060. The fourth-order valence-corrected chi connectivity index (χ4v) is 29.0. The molecule has 0 bridgehead atoms. The zero-order valence-electron chi connectivity index (χ0n) is 74.0. The highest BCUT2D eigenvalue weighted by Gasteiger charge is 2.74. The third kappa shape index (κ3) is 12.5. The summed E-state index contributed by atoms with van der Waals surface area (Å²) >= 11 is 0. The molecule has 4 aromatic rings. The van der Waals surface area contributed by atoms with Gasteiger partial charge in [0.25, 0.3) is 11.1 Å². The number of aromatic nitrogens is 4. The molecule has 8 saturated carbocycles. The minimum absolute atomic E-state index is 0.0103. The lowest BCUT2D eigenvalue weighted by atomic mass is 9.33. The van der Waals surface area contributed by atoms with Crippen molar-refractivity contribution in [2.45, 2.75) is 303 Å². The first-order valence-corrected chi connectivity index (χ1v) is 44.1. The summed E-state index contributed by atoms with van der Waals surface area (Å²) in [5.74, 6) is -1.40. The van der Waals surface area contributed by atoms with Crippen LogP contribution in [0.5, 0.6) is 5.75 Å². The number of hydrogen-bond donors (Lipinski definition) is 3. The molecular weight excluding hydrogens is 1470 g/mol. The predicted molar refractivity (Wildman–Crippen MR) is 449 cm³/mol. The number of allylic oxidation sites excluding steroid dienone is 4. The van der Waals surface area contributed by atoms with Gasteiger partial charge in [0, 0.05) is 64.8 Å². The van der Waals surface area contributed by atoms with Crippen molar-refractivity contribution in [3.05, 3.63) is 119 Å². The van der Waals surface area contributed by atoms with Gasteiger partial charge >= 0.3 is 23.9 Å². The van der Waals surface area contributed by atoms with E-state index in [0.717, 1.165) is 112 Å². The summed E-state index contributed by atoms with van der Waals surface area (Å²) in [7, 11) is 1.91. The minimum Gasteiger partial charge on any atom is -0.481 e. The number of esters is 3. The lowest BCUT2D eigenvalue weighted by Gasteiger charge is -2.72. The molecule has 2 aromatic heterocycles. The van der Waals surface area contributed by atoms with Crippen molar-refractivity contribution < 1.29 is 48.1 Å². The van der Waals surface area contributed by atoms with Gasteiger partial charge in [-0.2, -0.15) is 10.5 Å². The summed E-state index contributed by atoms with van der Waals surface area (Å²) in [5.41, 5.74) is 9.06. The second kappa shape index (κ2) is 29.2. The number of benzene rings is 2. The molecule has 8 fully saturated rings. The van der Waals surface area contributed by atoms with Crippen LogP contribution in [0, 0.1) is 138 Å². The summed E-state index contributed by atoms with van der Waals surface area (Å²) in [6, 6.07) is 16.4. The molecule has 20 nitrogen and oxygen atoms in total. The lowest BCUT2D eigenvalue weighted by Crippen LogP contribution is -2.66. The maximum absolute atomic E-state index is 15.5. The van der Waals surface area contributed by atoms with E-state index in [1.54, 1.807) is 67.4 Å². The Labute approximate surface area is 693 Å². The first-order valence-electron chi connectivity index (χ1n) is 44.1. The van der Waals surface area contributed by atoms with Crippen molar-refractivity contribution in [3.8, 4) is 29.3 Å². The average Bonchev–Trinajstić information content (AvgIpc) is 1.66. The number of aliphatic carboxylic acids is 1. The molecule has 0 spiro atoms. The fraction of sp³-hybridized carbons (Fsp3) is 0.691. The molecule has 632 valence electrons. The van der Waals surface area contributed by atoms with Crippen LogP contribution in [-0.2, 0) is 62.2 Å². The molecule has 10 aliphatic rings. The predicted octanol–water partition coefficient (Wildman–Crippen LogP) is 16.9. The monoisotopic (exact) mass is 1600 g/mol. The maximum atomic E-state index is 15.5. The Morgan fingerprint density at radius 1 is 0.556 bits per heavy atom. The molecule has 1 unspecified atom stereocenters. The molecule has 4 N–H and O–H groups in total. The highest BCUT2D eigenvalue weighted by atomic mass is 16.6. The van der Waals surface area contributed by atoms with Gasteiger partial charge in [0.1, 0.15) is 18.3 Å². The van der Waals surface area contributed by atoms with Crippen LogP contribution >= 0.6 is 0 Å². The molecule has 16 atom stereocenters. The number of carboxylic acid groups (broad SMARTS) is 1. The van der Waals surface area contributed by atoms with Crippen molar-refractivity contribution in [2.24, 2.45) is 107 Å². The van der Waals surface area contributed by atoms with E-state index in [1.807, 2.05) is 37.7 Å². The average molecular weight is 1600 g/mol. The maximum Gasteiger partial charge on any atom is 0.317 e. The van der Waals surface area contributed by atoms with E-state index in [2.05, 4.69) is 119 Å². The summed E-state index contributed by atoms with van der Waals surface area (Å²) in [4.78, 5) is 116. The number of rotatable bonds is 20. The summed E-state index contributed by atoms with van der Waals surface area (Å²) in [5, 5.41) is 33.6.